The van der Waals surface area contributed by atoms with Gasteiger partial charge in [-0.25, -0.2) is 8.78 Å². The molecule has 0 bridgehead atoms. The van der Waals surface area contributed by atoms with Crippen molar-refractivity contribution in [3.8, 4) is 6.07 Å². The number of benzene rings is 3. The van der Waals surface area contributed by atoms with Crippen LogP contribution < -0.4 is 0 Å². The average molecular weight is 548 g/mol. The predicted molar refractivity (Wildman–Crippen MR) is 134 cm³/mol. The van der Waals surface area contributed by atoms with Gasteiger partial charge in [0.1, 0.15) is 18.0 Å². The highest BCUT2D eigenvalue weighted by Crippen LogP contribution is 2.17. The van der Waals surface area contributed by atoms with E-state index in [1.807, 2.05) is 36.4 Å². The van der Waals surface area contributed by atoms with Crippen molar-refractivity contribution in [1.82, 2.24) is 19.7 Å². The summed E-state index contributed by atoms with van der Waals surface area (Å²) in [6.45, 7) is 0.390. The summed E-state index contributed by atoms with van der Waals surface area (Å²) in [5.41, 5.74) is 2.47. The molecule has 0 saturated heterocycles. The summed E-state index contributed by atoms with van der Waals surface area (Å²) in [6.07, 6.45) is 4.62. The van der Waals surface area contributed by atoms with E-state index in [1.165, 1.54) is 17.0 Å². The molecule has 1 amide bonds. The van der Waals surface area contributed by atoms with Crippen LogP contribution >= 0.6 is 15.9 Å². The van der Waals surface area contributed by atoms with Gasteiger partial charge < -0.3 is 9.47 Å². The second-order valence-electron chi connectivity index (χ2n) is 8.00. The number of amides is 1. The molecule has 36 heavy (non-hydrogen) atoms. The second-order valence-corrected chi connectivity index (χ2v) is 8.92. The topological polar surface area (TPSA) is 74.8 Å². The Morgan fingerprint density at radius 3 is 2.61 bits per heavy atom. The first-order valence-electron chi connectivity index (χ1n) is 10.9. The molecule has 0 N–H and O–H groups in total. The number of rotatable bonds is 8. The van der Waals surface area contributed by atoms with Crippen molar-refractivity contribution in [2.75, 3.05) is 0 Å². The maximum atomic E-state index is 14.4. The minimum atomic E-state index is -0.734. The highest BCUT2D eigenvalue weighted by atomic mass is 79.9. The molecule has 1 heterocycles. The molecule has 4 aromatic rings. The molecule has 0 aliphatic heterocycles. The Morgan fingerprint density at radius 1 is 1.08 bits per heavy atom. The molecule has 0 atom stereocenters. The Balaban J connectivity index is 1.58. The number of halogens is 3. The molecular weight excluding hydrogens is 528 g/mol. The molecular formula is C27H20BrF2N5O. The maximum Gasteiger partial charge on any atom is 0.247 e. The van der Waals surface area contributed by atoms with E-state index < -0.39 is 11.6 Å². The zero-order chi connectivity index (χ0) is 25.5. The van der Waals surface area contributed by atoms with Crippen LogP contribution in [0.15, 0.2) is 83.6 Å². The van der Waals surface area contributed by atoms with Gasteiger partial charge in [0.2, 0.25) is 5.91 Å². The molecule has 0 spiro atoms. The number of aromatic nitrogens is 3. The Morgan fingerprint density at radius 2 is 1.89 bits per heavy atom. The van der Waals surface area contributed by atoms with Gasteiger partial charge in [0.25, 0.3) is 0 Å². The molecule has 0 aliphatic rings. The summed E-state index contributed by atoms with van der Waals surface area (Å²) in [5, 5.41) is 17.1. The van der Waals surface area contributed by atoms with E-state index in [9.17, 15) is 13.6 Å². The molecule has 4 rings (SSSR count). The minimum Gasteiger partial charge on any atom is -0.327 e. The van der Waals surface area contributed by atoms with Crippen LogP contribution in [0.2, 0.25) is 0 Å². The van der Waals surface area contributed by atoms with Gasteiger partial charge in [-0.05, 0) is 47.5 Å². The molecule has 0 unspecified atom stereocenters. The molecule has 0 radical (unpaired) electrons. The fourth-order valence-corrected chi connectivity index (χ4v) is 3.95. The summed E-state index contributed by atoms with van der Waals surface area (Å²) < 4.78 is 30.5. The summed E-state index contributed by atoms with van der Waals surface area (Å²) in [6, 6.07) is 19.9. The minimum absolute atomic E-state index is 0.0504. The maximum absolute atomic E-state index is 14.4. The van der Waals surface area contributed by atoms with Gasteiger partial charge in [0, 0.05) is 28.7 Å². The molecule has 0 fully saturated rings. The van der Waals surface area contributed by atoms with Crippen LogP contribution in [-0.2, 0) is 24.4 Å². The van der Waals surface area contributed by atoms with Crippen LogP contribution in [0.25, 0.3) is 6.08 Å². The number of nitrogens with zero attached hydrogens (tertiary/aromatic N) is 5. The van der Waals surface area contributed by atoms with Gasteiger partial charge in [-0.3, -0.25) is 4.79 Å². The zero-order valence-corrected chi connectivity index (χ0v) is 20.6. The lowest BCUT2D eigenvalue weighted by molar-refractivity contribution is -0.127. The predicted octanol–water partition coefficient (Wildman–Crippen LogP) is 5.48. The molecule has 1 aromatic heterocycles. The van der Waals surface area contributed by atoms with E-state index in [4.69, 9.17) is 5.26 Å². The number of hydrogen-bond donors (Lipinski definition) is 0. The standard InChI is InChI=1S/C27H20BrF2N5O/c28-23-3-1-2-19(12-23)8-11-27(36)34(16-22-9-10-24(29)13-25(22)30)17-26-33-32-18-35(26)15-21-6-4-20(14-31)5-7-21/h1-13,18H,15-17H2/b11-8+. The van der Waals surface area contributed by atoms with Crippen LogP contribution in [0.3, 0.4) is 0 Å². The second kappa shape index (κ2) is 11.5. The van der Waals surface area contributed by atoms with Crippen molar-refractivity contribution in [1.29, 1.82) is 5.26 Å². The van der Waals surface area contributed by atoms with E-state index >= 15 is 0 Å². The lowest BCUT2D eigenvalue weighted by atomic mass is 10.1. The smallest absolute Gasteiger partial charge is 0.247 e. The SMILES string of the molecule is N#Cc1ccc(Cn2cnnc2CN(Cc2ccc(F)cc2F)C(=O)/C=C/c2cccc(Br)c2)cc1. The fraction of sp³-hybridized carbons (Fsp3) is 0.111. The van der Waals surface area contributed by atoms with Crippen molar-refractivity contribution < 1.29 is 13.6 Å². The Bertz CT molecular complexity index is 1440. The Hall–Kier alpha value is -4.16. The van der Waals surface area contributed by atoms with Crippen LogP contribution in [-0.4, -0.2) is 25.6 Å². The summed E-state index contributed by atoms with van der Waals surface area (Å²) in [7, 11) is 0. The van der Waals surface area contributed by atoms with Crippen molar-refractivity contribution in [2.45, 2.75) is 19.6 Å². The molecule has 6 nitrogen and oxygen atoms in total. The molecule has 9 heteroatoms. The third-order valence-electron chi connectivity index (χ3n) is 5.42. The van der Waals surface area contributed by atoms with Gasteiger partial charge in [-0.15, -0.1) is 10.2 Å². The van der Waals surface area contributed by atoms with E-state index in [1.54, 1.807) is 29.1 Å². The normalized spacial score (nSPS) is 10.9. The average Bonchev–Trinajstić information content (AvgIpc) is 3.30. The third kappa shape index (κ3) is 6.49. The lowest BCUT2D eigenvalue weighted by Crippen LogP contribution is -2.30. The van der Waals surface area contributed by atoms with Crippen LogP contribution in [0, 0.1) is 23.0 Å². The molecule has 180 valence electrons. The largest absolute Gasteiger partial charge is 0.327 e. The van der Waals surface area contributed by atoms with E-state index in [0.29, 0.717) is 17.9 Å². The van der Waals surface area contributed by atoms with E-state index in [0.717, 1.165) is 27.7 Å². The quantitative estimate of drug-likeness (QED) is 0.274. The van der Waals surface area contributed by atoms with E-state index in [2.05, 4.69) is 32.2 Å². The molecule has 3 aromatic carbocycles. The number of nitriles is 1. The van der Waals surface area contributed by atoms with E-state index in [-0.39, 0.29) is 24.6 Å². The number of carbonyl (C=O) groups is 1. The van der Waals surface area contributed by atoms with Crippen molar-refractivity contribution in [2.24, 2.45) is 0 Å². The van der Waals surface area contributed by atoms with Gasteiger partial charge in [0.05, 0.1) is 24.7 Å². The van der Waals surface area contributed by atoms with Crippen molar-refractivity contribution in [3.05, 3.63) is 123 Å². The van der Waals surface area contributed by atoms with Gasteiger partial charge in [0.15, 0.2) is 5.82 Å². The van der Waals surface area contributed by atoms with Crippen LogP contribution in [0.4, 0.5) is 8.78 Å². The monoisotopic (exact) mass is 547 g/mol. The molecule has 0 saturated carbocycles. The third-order valence-corrected chi connectivity index (χ3v) is 5.91. The lowest BCUT2D eigenvalue weighted by Gasteiger charge is -2.22. The highest BCUT2D eigenvalue weighted by Gasteiger charge is 2.18. The molecule has 0 aliphatic carbocycles. The van der Waals surface area contributed by atoms with Crippen molar-refractivity contribution in [3.63, 3.8) is 0 Å². The summed E-state index contributed by atoms with van der Waals surface area (Å²) in [4.78, 5) is 14.6. The van der Waals surface area contributed by atoms with Crippen LogP contribution in [0.5, 0.6) is 0 Å². The fourth-order valence-electron chi connectivity index (χ4n) is 3.54. The first-order chi connectivity index (χ1) is 17.4. The Kier molecular flexibility index (Phi) is 7.98. The first kappa shape index (κ1) is 24.9. The highest BCUT2D eigenvalue weighted by molar-refractivity contribution is 9.10. The van der Waals surface area contributed by atoms with Gasteiger partial charge >= 0.3 is 0 Å². The summed E-state index contributed by atoms with van der Waals surface area (Å²) >= 11 is 3.40. The number of carbonyl (C=O) groups excluding carboxylic acids is 1. The Labute approximate surface area is 215 Å². The zero-order valence-electron chi connectivity index (χ0n) is 19.0. The van der Waals surface area contributed by atoms with Crippen LogP contribution in [0.1, 0.15) is 28.1 Å². The van der Waals surface area contributed by atoms with Gasteiger partial charge in [-0.2, -0.15) is 5.26 Å². The first-order valence-corrected chi connectivity index (χ1v) is 11.7. The van der Waals surface area contributed by atoms with Crippen molar-refractivity contribution >= 4 is 27.9 Å². The van der Waals surface area contributed by atoms with Gasteiger partial charge in [-0.1, -0.05) is 46.3 Å². The summed E-state index contributed by atoms with van der Waals surface area (Å²) in [5.74, 6) is -1.30. The number of hydrogen-bond acceptors (Lipinski definition) is 4.